The van der Waals surface area contributed by atoms with E-state index in [1.807, 2.05) is 24.3 Å². The summed E-state index contributed by atoms with van der Waals surface area (Å²) in [5.41, 5.74) is 2.47. The smallest absolute Gasteiger partial charge is 0.296 e. The van der Waals surface area contributed by atoms with E-state index in [4.69, 9.17) is 0 Å². The molecule has 0 aliphatic carbocycles. The fraction of sp³-hybridized carbons (Fsp3) is 0.261. The molecule has 0 aliphatic heterocycles. The predicted molar refractivity (Wildman–Crippen MR) is 119 cm³/mol. The molecule has 0 aromatic heterocycles. The van der Waals surface area contributed by atoms with Crippen LogP contribution in [0.15, 0.2) is 43.0 Å². The fourth-order valence-electron chi connectivity index (χ4n) is 2.65. The van der Waals surface area contributed by atoms with Crippen LogP contribution in [0.5, 0.6) is 0 Å². The highest BCUT2D eigenvalue weighted by molar-refractivity contribution is 7.92. The monoisotopic (exact) mass is 428 g/mol. The summed E-state index contributed by atoms with van der Waals surface area (Å²) in [5.74, 6) is 4.04. The van der Waals surface area contributed by atoms with E-state index in [-0.39, 0.29) is 23.2 Å². The maximum Gasteiger partial charge on any atom is 0.296 e. The molecule has 5 nitrogen and oxygen atoms in total. The van der Waals surface area contributed by atoms with E-state index in [1.54, 1.807) is 6.07 Å². The Hall–Kier alpha value is -3.11. The molecule has 158 valence electrons. The number of anilines is 1. The number of sulfonamides is 1. The number of rotatable bonds is 5. The van der Waals surface area contributed by atoms with Crippen LogP contribution in [0.4, 0.5) is 10.1 Å². The number of hydrogen-bond donors (Lipinski definition) is 2. The van der Waals surface area contributed by atoms with Gasteiger partial charge in [-0.05, 0) is 40.8 Å². The molecule has 2 rings (SSSR count). The molecule has 0 unspecified atom stereocenters. The third kappa shape index (κ3) is 6.75. The topological polar surface area (TPSA) is 75.3 Å². The van der Waals surface area contributed by atoms with E-state index in [0.29, 0.717) is 11.1 Å². The molecule has 0 fully saturated rings. The molecule has 0 saturated carbocycles. The lowest BCUT2D eigenvalue weighted by atomic mass is 9.87. The summed E-state index contributed by atoms with van der Waals surface area (Å²) < 4.78 is 39.2. The number of benzene rings is 2. The molecule has 0 atom stereocenters. The van der Waals surface area contributed by atoms with Gasteiger partial charge in [0, 0.05) is 23.6 Å². The second-order valence-electron chi connectivity index (χ2n) is 7.88. The van der Waals surface area contributed by atoms with Gasteiger partial charge in [0.1, 0.15) is 5.82 Å². The first-order chi connectivity index (χ1) is 13.9. The predicted octanol–water partition coefficient (Wildman–Crippen LogP) is 3.81. The van der Waals surface area contributed by atoms with Crippen molar-refractivity contribution in [3.63, 3.8) is 0 Å². The zero-order valence-electron chi connectivity index (χ0n) is 17.5. The van der Waals surface area contributed by atoms with Crippen LogP contribution in [0.2, 0.25) is 0 Å². The molecule has 2 N–H and O–H groups in total. The fourth-order valence-corrected chi connectivity index (χ4v) is 3.24. The number of amides is 1. The van der Waals surface area contributed by atoms with Crippen LogP contribution in [-0.2, 0) is 26.8 Å². The summed E-state index contributed by atoms with van der Waals surface area (Å²) in [5, 5.41) is 2.60. The Morgan fingerprint density at radius 3 is 2.37 bits per heavy atom. The Labute approximate surface area is 177 Å². The molecular formula is C23H25FN2O3S. The Bertz CT molecular complexity index is 1120. The van der Waals surface area contributed by atoms with Gasteiger partial charge in [0.25, 0.3) is 5.91 Å². The van der Waals surface area contributed by atoms with Crippen LogP contribution in [0.25, 0.3) is 6.08 Å². The SMILES string of the molecule is C=Cc1cc(CNC(=O)C#Cc2ccc(C(C)(C)C)cc2)cc(F)c1NS(C)(=O)=O. The summed E-state index contributed by atoms with van der Waals surface area (Å²) in [6, 6.07) is 10.4. The highest BCUT2D eigenvalue weighted by Gasteiger charge is 2.14. The first-order valence-electron chi connectivity index (χ1n) is 9.22. The number of carbonyl (C=O) groups excluding carboxylic acids is 1. The zero-order chi connectivity index (χ0) is 22.5. The van der Waals surface area contributed by atoms with Crippen molar-refractivity contribution in [2.24, 2.45) is 0 Å². The lowest BCUT2D eigenvalue weighted by molar-refractivity contribution is -0.115. The van der Waals surface area contributed by atoms with Crippen LogP contribution in [0.3, 0.4) is 0 Å². The molecule has 7 heteroatoms. The van der Waals surface area contributed by atoms with Gasteiger partial charge in [0.15, 0.2) is 0 Å². The van der Waals surface area contributed by atoms with Crippen LogP contribution >= 0.6 is 0 Å². The van der Waals surface area contributed by atoms with E-state index < -0.39 is 21.7 Å². The molecule has 0 heterocycles. The van der Waals surface area contributed by atoms with E-state index in [9.17, 15) is 17.6 Å². The van der Waals surface area contributed by atoms with Crippen molar-refractivity contribution in [2.75, 3.05) is 11.0 Å². The molecule has 1 amide bonds. The molecule has 30 heavy (non-hydrogen) atoms. The quantitative estimate of drug-likeness (QED) is 0.712. The third-order valence-corrected chi connectivity index (χ3v) is 4.79. The van der Waals surface area contributed by atoms with Crippen molar-refractivity contribution in [3.8, 4) is 11.8 Å². The van der Waals surface area contributed by atoms with Crippen molar-refractivity contribution < 1.29 is 17.6 Å². The average molecular weight is 429 g/mol. The third-order valence-electron chi connectivity index (χ3n) is 4.21. The van der Waals surface area contributed by atoms with E-state index in [0.717, 1.165) is 12.3 Å². The Kier molecular flexibility index (Phi) is 7.06. The Morgan fingerprint density at radius 1 is 1.20 bits per heavy atom. The van der Waals surface area contributed by atoms with Gasteiger partial charge in [-0.25, -0.2) is 12.8 Å². The molecule has 0 spiro atoms. The van der Waals surface area contributed by atoms with Gasteiger partial charge in [-0.2, -0.15) is 0 Å². The summed E-state index contributed by atoms with van der Waals surface area (Å²) in [6.07, 6.45) is 2.27. The van der Waals surface area contributed by atoms with Gasteiger partial charge >= 0.3 is 0 Å². The molecular weight excluding hydrogens is 403 g/mol. The highest BCUT2D eigenvalue weighted by Crippen LogP contribution is 2.24. The summed E-state index contributed by atoms with van der Waals surface area (Å²) in [7, 11) is -3.64. The molecule has 2 aromatic carbocycles. The number of halogens is 1. The van der Waals surface area contributed by atoms with E-state index >= 15 is 0 Å². The average Bonchev–Trinajstić information content (AvgIpc) is 2.65. The first kappa shape index (κ1) is 23.2. The van der Waals surface area contributed by atoms with Crippen molar-refractivity contribution in [1.29, 1.82) is 0 Å². The molecule has 0 bridgehead atoms. The number of carbonyl (C=O) groups is 1. The van der Waals surface area contributed by atoms with Crippen LogP contribution in [0.1, 0.15) is 43.0 Å². The summed E-state index contributed by atoms with van der Waals surface area (Å²) >= 11 is 0. The minimum absolute atomic E-state index is 0.0351. The largest absolute Gasteiger partial charge is 0.341 e. The van der Waals surface area contributed by atoms with Crippen molar-refractivity contribution in [1.82, 2.24) is 5.32 Å². The van der Waals surface area contributed by atoms with Crippen LogP contribution in [0, 0.1) is 17.7 Å². The van der Waals surface area contributed by atoms with E-state index in [2.05, 4.69) is 49.2 Å². The van der Waals surface area contributed by atoms with Crippen molar-refractivity contribution >= 4 is 27.7 Å². The maximum atomic E-state index is 14.3. The minimum Gasteiger partial charge on any atom is -0.341 e. The Morgan fingerprint density at radius 2 is 1.83 bits per heavy atom. The van der Waals surface area contributed by atoms with Crippen molar-refractivity contribution in [3.05, 3.63) is 71.0 Å². The van der Waals surface area contributed by atoms with Crippen LogP contribution < -0.4 is 10.0 Å². The number of nitrogens with one attached hydrogen (secondary N) is 2. The molecule has 0 saturated heterocycles. The normalized spacial score (nSPS) is 11.2. The van der Waals surface area contributed by atoms with Gasteiger partial charge in [-0.1, -0.05) is 51.5 Å². The lowest BCUT2D eigenvalue weighted by Crippen LogP contribution is -2.21. The zero-order valence-corrected chi connectivity index (χ0v) is 18.3. The Balaban J connectivity index is 2.07. The van der Waals surface area contributed by atoms with Gasteiger partial charge in [-0.15, -0.1) is 0 Å². The molecule has 2 aromatic rings. The summed E-state index contributed by atoms with van der Waals surface area (Å²) in [6.45, 7) is 9.96. The van der Waals surface area contributed by atoms with Crippen molar-refractivity contribution in [2.45, 2.75) is 32.7 Å². The van der Waals surface area contributed by atoms with Crippen LogP contribution in [-0.4, -0.2) is 20.6 Å². The summed E-state index contributed by atoms with van der Waals surface area (Å²) in [4.78, 5) is 12.0. The minimum atomic E-state index is -3.64. The maximum absolute atomic E-state index is 14.3. The van der Waals surface area contributed by atoms with Gasteiger partial charge in [-0.3, -0.25) is 9.52 Å². The first-order valence-corrected chi connectivity index (χ1v) is 11.1. The molecule has 0 aliphatic rings. The van der Waals surface area contributed by atoms with Gasteiger partial charge < -0.3 is 5.32 Å². The van der Waals surface area contributed by atoms with Gasteiger partial charge in [0.05, 0.1) is 11.9 Å². The molecule has 0 radical (unpaired) electrons. The second kappa shape index (κ2) is 9.14. The second-order valence-corrected chi connectivity index (χ2v) is 9.63. The highest BCUT2D eigenvalue weighted by atomic mass is 32.2. The lowest BCUT2D eigenvalue weighted by Gasteiger charge is -2.18. The standard InChI is InChI=1S/C23H25FN2O3S/c1-6-18-13-17(14-20(24)22(18)26-30(5,28)29)15-25-21(27)12-9-16-7-10-19(11-8-16)23(2,3)4/h6-8,10-11,13-14,26H,1,15H2,2-5H3,(H,25,27). The van der Waals surface area contributed by atoms with Gasteiger partial charge in [0.2, 0.25) is 10.0 Å². The van der Waals surface area contributed by atoms with E-state index in [1.165, 1.54) is 11.6 Å². The number of hydrogen-bond acceptors (Lipinski definition) is 3.